The van der Waals surface area contributed by atoms with Crippen LogP contribution in [0, 0.1) is 0 Å². The Morgan fingerprint density at radius 1 is 1.31 bits per heavy atom. The first-order valence-corrected chi connectivity index (χ1v) is 5.86. The molecule has 3 aromatic heterocycles. The van der Waals surface area contributed by atoms with E-state index < -0.39 is 0 Å². The minimum absolute atomic E-state index is 0.801. The number of nitrogens with zero attached hydrogens (tertiary/aromatic N) is 3. The molecule has 3 rings (SSSR count). The molecule has 3 aromatic rings. The highest BCUT2D eigenvalue weighted by Gasteiger charge is 2.02. The second kappa shape index (κ2) is 3.94. The minimum Gasteiger partial charge on any atom is -0.363 e. The fraction of sp³-hybridized carbons (Fsp3) is 0.0909. The molecule has 0 fully saturated rings. The predicted molar refractivity (Wildman–Crippen MR) is 64.6 cm³/mol. The molecule has 3 heterocycles. The standard InChI is InChI=1S/C11H10N4S/c1-4-10-11(13-8-14-15(10)5-1)12-7-9-3-2-6-16-9/h1-6,8H,7H2,(H,12,13,14). The minimum atomic E-state index is 0.801. The van der Waals surface area contributed by atoms with Gasteiger partial charge in [0.05, 0.1) is 6.54 Å². The molecule has 16 heavy (non-hydrogen) atoms. The quantitative estimate of drug-likeness (QED) is 0.751. The normalized spacial score (nSPS) is 10.8. The van der Waals surface area contributed by atoms with Gasteiger partial charge in [0.1, 0.15) is 11.8 Å². The molecule has 0 amide bonds. The molecule has 0 atom stereocenters. The third-order valence-corrected chi connectivity index (χ3v) is 3.22. The second-order valence-corrected chi connectivity index (χ2v) is 4.41. The molecule has 0 aliphatic heterocycles. The lowest BCUT2D eigenvalue weighted by atomic mass is 10.4. The molecule has 4 nitrogen and oxygen atoms in total. The molecule has 0 radical (unpaired) electrons. The summed E-state index contributed by atoms with van der Waals surface area (Å²) < 4.78 is 1.81. The summed E-state index contributed by atoms with van der Waals surface area (Å²) in [4.78, 5) is 5.53. The average molecular weight is 230 g/mol. The lowest BCUT2D eigenvalue weighted by molar-refractivity contribution is 0.900. The van der Waals surface area contributed by atoms with Gasteiger partial charge >= 0.3 is 0 Å². The maximum Gasteiger partial charge on any atom is 0.154 e. The van der Waals surface area contributed by atoms with Gasteiger partial charge in [-0.05, 0) is 23.6 Å². The highest BCUT2D eigenvalue weighted by atomic mass is 32.1. The van der Waals surface area contributed by atoms with E-state index in [1.807, 2.05) is 22.8 Å². The first-order chi connectivity index (χ1) is 7.93. The number of thiophene rings is 1. The van der Waals surface area contributed by atoms with Crippen LogP contribution in [0.3, 0.4) is 0 Å². The zero-order chi connectivity index (χ0) is 10.8. The van der Waals surface area contributed by atoms with Gasteiger partial charge in [0.2, 0.25) is 0 Å². The van der Waals surface area contributed by atoms with Gasteiger partial charge in [-0.2, -0.15) is 5.10 Å². The van der Waals surface area contributed by atoms with E-state index in [1.54, 1.807) is 17.7 Å². The summed E-state index contributed by atoms with van der Waals surface area (Å²) >= 11 is 1.74. The summed E-state index contributed by atoms with van der Waals surface area (Å²) in [5.74, 6) is 0.869. The van der Waals surface area contributed by atoms with Gasteiger partial charge in [-0.3, -0.25) is 0 Å². The Bertz CT molecular complexity index is 585. The first-order valence-electron chi connectivity index (χ1n) is 4.98. The Labute approximate surface area is 96.6 Å². The topological polar surface area (TPSA) is 42.2 Å². The van der Waals surface area contributed by atoms with Crippen LogP contribution in [-0.2, 0) is 6.54 Å². The maximum absolute atomic E-state index is 4.24. The SMILES string of the molecule is c1csc(CNc2ncnn3cccc23)c1. The van der Waals surface area contributed by atoms with Gasteiger partial charge in [-0.15, -0.1) is 11.3 Å². The van der Waals surface area contributed by atoms with Gasteiger partial charge in [0.15, 0.2) is 5.82 Å². The zero-order valence-electron chi connectivity index (χ0n) is 8.50. The molecule has 0 aliphatic rings. The summed E-state index contributed by atoms with van der Waals surface area (Å²) in [7, 11) is 0. The largest absolute Gasteiger partial charge is 0.363 e. The fourth-order valence-electron chi connectivity index (χ4n) is 1.59. The van der Waals surface area contributed by atoms with Crippen LogP contribution < -0.4 is 5.32 Å². The molecule has 0 aliphatic carbocycles. The third kappa shape index (κ3) is 1.65. The second-order valence-electron chi connectivity index (χ2n) is 3.38. The number of hydrogen-bond acceptors (Lipinski definition) is 4. The molecule has 1 N–H and O–H groups in total. The van der Waals surface area contributed by atoms with Gasteiger partial charge in [0.25, 0.3) is 0 Å². The number of hydrogen-bond donors (Lipinski definition) is 1. The molecule has 80 valence electrons. The highest BCUT2D eigenvalue weighted by Crippen LogP contribution is 2.15. The van der Waals surface area contributed by atoms with Crippen molar-refractivity contribution in [3.8, 4) is 0 Å². The Morgan fingerprint density at radius 3 is 3.19 bits per heavy atom. The number of rotatable bonds is 3. The number of aromatic nitrogens is 3. The van der Waals surface area contributed by atoms with E-state index in [0.717, 1.165) is 17.9 Å². The van der Waals surface area contributed by atoms with Crippen LogP contribution in [0.1, 0.15) is 4.88 Å². The van der Waals surface area contributed by atoms with Gasteiger partial charge in [0, 0.05) is 11.1 Å². The van der Waals surface area contributed by atoms with E-state index in [9.17, 15) is 0 Å². The van der Waals surface area contributed by atoms with Crippen molar-refractivity contribution in [1.29, 1.82) is 0 Å². The maximum atomic E-state index is 4.24. The van der Waals surface area contributed by atoms with Gasteiger partial charge in [-0.1, -0.05) is 6.07 Å². The van der Waals surface area contributed by atoms with Crippen LogP contribution in [0.4, 0.5) is 5.82 Å². The molecule has 5 heteroatoms. The number of anilines is 1. The van der Waals surface area contributed by atoms with Crippen molar-refractivity contribution >= 4 is 22.7 Å². The lowest BCUT2D eigenvalue weighted by Crippen LogP contribution is -2.03. The smallest absolute Gasteiger partial charge is 0.154 e. The number of nitrogens with one attached hydrogen (secondary N) is 1. The Kier molecular flexibility index (Phi) is 2.30. The predicted octanol–water partition coefficient (Wildman–Crippen LogP) is 2.40. The molecule has 0 spiro atoms. The van der Waals surface area contributed by atoms with Crippen LogP contribution in [0.25, 0.3) is 5.52 Å². The zero-order valence-corrected chi connectivity index (χ0v) is 9.31. The van der Waals surface area contributed by atoms with E-state index in [-0.39, 0.29) is 0 Å². The number of fused-ring (bicyclic) bond motifs is 1. The van der Waals surface area contributed by atoms with E-state index in [4.69, 9.17) is 0 Å². The van der Waals surface area contributed by atoms with Crippen molar-refractivity contribution in [2.75, 3.05) is 5.32 Å². The summed E-state index contributed by atoms with van der Waals surface area (Å²) in [6.45, 7) is 0.801. The van der Waals surface area contributed by atoms with Crippen LogP contribution in [0.2, 0.25) is 0 Å². The summed E-state index contributed by atoms with van der Waals surface area (Å²) in [6.07, 6.45) is 3.47. The molecule has 0 unspecified atom stereocenters. The van der Waals surface area contributed by atoms with Crippen molar-refractivity contribution in [1.82, 2.24) is 14.6 Å². The Hall–Kier alpha value is -1.88. The highest BCUT2D eigenvalue weighted by molar-refractivity contribution is 7.09. The Balaban J connectivity index is 1.86. The molecule has 0 saturated carbocycles. The lowest BCUT2D eigenvalue weighted by Gasteiger charge is -2.04. The third-order valence-electron chi connectivity index (χ3n) is 2.34. The van der Waals surface area contributed by atoms with Crippen molar-refractivity contribution in [2.45, 2.75) is 6.54 Å². The van der Waals surface area contributed by atoms with Crippen molar-refractivity contribution in [3.05, 3.63) is 47.0 Å². The van der Waals surface area contributed by atoms with Crippen molar-refractivity contribution in [2.24, 2.45) is 0 Å². The van der Waals surface area contributed by atoms with Crippen LogP contribution in [0.5, 0.6) is 0 Å². The summed E-state index contributed by atoms with van der Waals surface area (Å²) in [6, 6.07) is 8.11. The van der Waals surface area contributed by atoms with Crippen molar-refractivity contribution < 1.29 is 0 Å². The fourth-order valence-corrected chi connectivity index (χ4v) is 2.23. The molecular formula is C11H10N4S. The van der Waals surface area contributed by atoms with Gasteiger partial charge in [-0.25, -0.2) is 9.50 Å². The van der Waals surface area contributed by atoms with Crippen LogP contribution in [0.15, 0.2) is 42.2 Å². The van der Waals surface area contributed by atoms with E-state index in [0.29, 0.717) is 0 Å². The molecule has 0 bridgehead atoms. The molecule has 0 saturated heterocycles. The van der Waals surface area contributed by atoms with Crippen LogP contribution >= 0.6 is 11.3 Å². The monoisotopic (exact) mass is 230 g/mol. The summed E-state index contributed by atoms with van der Waals surface area (Å²) in [5.41, 5.74) is 0.999. The van der Waals surface area contributed by atoms with Gasteiger partial charge < -0.3 is 5.32 Å². The van der Waals surface area contributed by atoms with E-state index in [1.165, 1.54) is 4.88 Å². The first kappa shape index (κ1) is 9.35. The van der Waals surface area contributed by atoms with Crippen molar-refractivity contribution in [3.63, 3.8) is 0 Å². The summed E-state index contributed by atoms with van der Waals surface area (Å²) in [5, 5.41) is 9.50. The average Bonchev–Trinajstić information content (AvgIpc) is 2.97. The van der Waals surface area contributed by atoms with E-state index in [2.05, 4.69) is 32.9 Å². The van der Waals surface area contributed by atoms with E-state index >= 15 is 0 Å². The Morgan fingerprint density at radius 2 is 2.31 bits per heavy atom. The van der Waals surface area contributed by atoms with Crippen LogP contribution in [-0.4, -0.2) is 14.6 Å². The molecular weight excluding hydrogens is 220 g/mol. The molecule has 0 aromatic carbocycles.